The zero-order chi connectivity index (χ0) is 25.2. The van der Waals surface area contributed by atoms with Crippen molar-refractivity contribution in [1.82, 2.24) is 14.9 Å². The number of rotatable bonds is 6. The second-order valence-corrected chi connectivity index (χ2v) is 9.65. The van der Waals surface area contributed by atoms with Crippen LogP contribution in [0.2, 0.25) is 0 Å². The number of benzene rings is 2. The number of likely N-dealkylation sites (N-methyl/N-ethyl adjacent to an activating group) is 1. The third kappa shape index (κ3) is 6.26. The summed E-state index contributed by atoms with van der Waals surface area (Å²) in [5.74, 6) is 1.04. The zero-order valence-corrected chi connectivity index (χ0v) is 21.8. The summed E-state index contributed by atoms with van der Waals surface area (Å²) in [6, 6.07) is 11.7. The molecule has 2 heterocycles. The summed E-state index contributed by atoms with van der Waals surface area (Å²) in [5.41, 5.74) is 0.709. The van der Waals surface area contributed by atoms with Gasteiger partial charge in [0.25, 0.3) is 0 Å². The lowest BCUT2D eigenvalue weighted by atomic mass is 10.1. The monoisotopic (exact) mass is 598 g/mol. The van der Waals surface area contributed by atoms with Crippen LogP contribution in [0.25, 0.3) is 0 Å². The molecule has 0 aliphatic carbocycles. The summed E-state index contributed by atoms with van der Waals surface area (Å²) in [7, 11) is 5.83. The number of alkyl halides is 3. The van der Waals surface area contributed by atoms with E-state index in [-0.39, 0.29) is 17.3 Å². The number of hydrogen-bond donors (Lipinski definition) is 1. The van der Waals surface area contributed by atoms with Crippen molar-refractivity contribution in [3.05, 3.63) is 57.8 Å². The first-order valence-corrected chi connectivity index (χ1v) is 12.1. The second-order valence-electron chi connectivity index (χ2n) is 8.49. The maximum absolute atomic E-state index is 13.9. The molecule has 3 aromatic rings. The Kier molecular flexibility index (Phi) is 7.55. The smallest absolute Gasteiger partial charge is 0.418 e. The molecule has 1 saturated heterocycles. The third-order valence-electron chi connectivity index (χ3n) is 5.66. The lowest BCUT2D eigenvalue weighted by Gasteiger charge is -2.35. The Hall–Kier alpha value is -2.80. The minimum Gasteiger partial charge on any atom is -0.438 e. The first-order valence-electron chi connectivity index (χ1n) is 11.0. The highest BCUT2D eigenvalue weighted by atomic mass is 127. The van der Waals surface area contributed by atoms with Gasteiger partial charge in [0.1, 0.15) is 5.75 Å². The molecule has 1 aromatic heterocycles. The summed E-state index contributed by atoms with van der Waals surface area (Å²) >= 11 is 2.06. The van der Waals surface area contributed by atoms with Crippen molar-refractivity contribution < 1.29 is 17.9 Å². The van der Waals surface area contributed by atoms with Gasteiger partial charge in [0.2, 0.25) is 11.8 Å². The number of aromatic nitrogens is 2. The number of halogens is 4. The fraction of sp³-hybridized carbons (Fsp3) is 0.333. The van der Waals surface area contributed by atoms with Crippen molar-refractivity contribution in [2.45, 2.75) is 6.18 Å². The van der Waals surface area contributed by atoms with Crippen LogP contribution in [0, 0.1) is 3.57 Å². The van der Waals surface area contributed by atoms with Crippen LogP contribution in [0.5, 0.6) is 11.6 Å². The summed E-state index contributed by atoms with van der Waals surface area (Å²) in [4.78, 5) is 14.4. The van der Waals surface area contributed by atoms with Crippen LogP contribution >= 0.6 is 22.6 Å². The van der Waals surface area contributed by atoms with Crippen LogP contribution in [0.4, 0.5) is 36.2 Å². The van der Waals surface area contributed by atoms with Crippen molar-refractivity contribution in [2.75, 3.05) is 62.4 Å². The van der Waals surface area contributed by atoms with E-state index < -0.39 is 11.7 Å². The molecule has 0 amide bonds. The van der Waals surface area contributed by atoms with Gasteiger partial charge in [-0.15, -0.1) is 0 Å². The fourth-order valence-electron chi connectivity index (χ4n) is 3.71. The molecule has 0 spiro atoms. The molecule has 1 aliphatic rings. The summed E-state index contributed by atoms with van der Waals surface area (Å²) < 4.78 is 48.4. The second kappa shape index (κ2) is 10.4. The van der Waals surface area contributed by atoms with Gasteiger partial charge < -0.3 is 24.8 Å². The molecule has 0 bridgehead atoms. The lowest BCUT2D eigenvalue weighted by Crippen LogP contribution is -2.45. The number of hydrogen-bond acceptors (Lipinski definition) is 7. The Bertz CT molecular complexity index is 1180. The predicted octanol–water partition coefficient (Wildman–Crippen LogP) is 5.45. The molecule has 1 N–H and O–H groups in total. The SMILES string of the molecule is CN1CCN(c2ccc(Nc3ncc(I)c(Oc4cccc(N(C)C)c4)n3)cc2C(F)(F)F)CC1. The topological polar surface area (TPSA) is 56.8 Å². The van der Waals surface area contributed by atoms with Crippen LogP contribution < -0.4 is 19.9 Å². The van der Waals surface area contributed by atoms with Crippen LogP contribution in [0.15, 0.2) is 48.7 Å². The first-order chi connectivity index (χ1) is 16.6. The summed E-state index contributed by atoms with van der Waals surface area (Å²) in [6.45, 7) is 2.52. The Morgan fingerprint density at radius 1 is 1.06 bits per heavy atom. The van der Waals surface area contributed by atoms with Crippen LogP contribution in [-0.4, -0.2) is 62.2 Å². The number of nitrogens with zero attached hydrogens (tertiary/aromatic N) is 5. The number of anilines is 4. The molecule has 2 aromatic carbocycles. The molecule has 7 nitrogen and oxygen atoms in total. The van der Waals surface area contributed by atoms with Gasteiger partial charge in [-0.25, -0.2) is 4.98 Å². The zero-order valence-electron chi connectivity index (χ0n) is 19.6. The Morgan fingerprint density at radius 2 is 1.80 bits per heavy atom. The normalized spacial score (nSPS) is 14.7. The van der Waals surface area contributed by atoms with E-state index in [1.54, 1.807) is 17.2 Å². The highest BCUT2D eigenvalue weighted by molar-refractivity contribution is 14.1. The Balaban J connectivity index is 1.57. The average molecular weight is 598 g/mol. The molecular formula is C24H26F3IN6O. The van der Waals surface area contributed by atoms with Gasteiger partial charge in [0.15, 0.2) is 0 Å². The van der Waals surface area contributed by atoms with Gasteiger partial charge in [-0.05, 0) is 60.0 Å². The van der Waals surface area contributed by atoms with E-state index in [4.69, 9.17) is 4.74 Å². The molecule has 0 atom stereocenters. The third-order valence-corrected chi connectivity index (χ3v) is 6.40. The maximum atomic E-state index is 13.9. The van der Waals surface area contributed by atoms with Gasteiger partial charge in [-0.2, -0.15) is 18.2 Å². The number of piperazine rings is 1. The lowest BCUT2D eigenvalue weighted by molar-refractivity contribution is -0.137. The van der Waals surface area contributed by atoms with E-state index in [0.29, 0.717) is 41.4 Å². The van der Waals surface area contributed by atoms with Gasteiger partial charge in [-0.3, -0.25) is 0 Å². The predicted molar refractivity (Wildman–Crippen MR) is 140 cm³/mol. The molecule has 11 heteroatoms. The van der Waals surface area contributed by atoms with Crippen LogP contribution in [0.3, 0.4) is 0 Å². The van der Waals surface area contributed by atoms with Crippen molar-refractivity contribution in [1.29, 1.82) is 0 Å². The number of ether oxygens (including phenoxy) is 1. The van der Waals surface area contributed by atoms with Crippen LogP contribution in [-0.2, 0) is 6.18 Å². The number of nitrogens with one attached hydrogen (secondary N) is 1. The molecular weight excluding hydrogens is 572 g/mol. The Morgan fingerprint density at radius 3 is 2.49 bits per heavy atom. The van der Waals surface area contributed by atoms with E-state index in [2.05, 4.69) is 42.8 Å². The van der Waals surface area contributed by atoms with Gasteiger partial charge >= 0.3 is 6.18 Å². The summed E-state index contributed by atoms with van der Waals surface area (Å²) in [5, 5.41) is 2.90. The van der Waals surface area contributed by atoms with E-state index in [1.165, 1.54) is 6.07 Å². The minimum atomic E-state index is -4.49. The fourth-order valence-corrected chi connectivity index (χ4v) is 4.08. The standard InChI is InChI=1S/C24H26F3IN6O/c1-32(2)17-5-4-6-18(14-17)35-22-20(28)15-29-23(31-22)30-16-7-8-21(19(13-16)24(25,26)27)34-11-9-33(3)10-12-34/h4-8,13-15H,9-12H2,1-3H3,(H,29,30,31). The molecule has 4 rings (SSSR count). The molecule has 0 unspecified atom stereocenters. The van der Waals surface area contributed by atoms with E-state index in [9.17, 15) is 13.2 Å². The van der Waals surface area contributed by atoms with Crippen molar-refractivity contribution in [3.8, 4) is 11.6 Å². The molecule has 35 heavy (non-hydrogen) atoms. The van der Waals surface area contributed by atoms with Crippen molar-refractivity contribution in [2.24, 2.45) is 0 Å². The molecule has 1 fully saturated rings. The Labute approximate surface area is 216 Å². The van der Waals surface area contributed by atoms with Gasteiger partial charge in [-0.1, -0.05) is 6.07 Å². The molecule has 186 valence electrons. The average Bonchev–Trinajstić information content (AvgIpc) is 2.81. The highest BCUT2D eigenvalue weighted by Crippen LogP contribution is 2.39. The maximum Gasteiger partial charge on any atom is 0.418 e. The summed E-state index contributed by atoms with van der Waals surface area (Å²) in [6.07, 6.45) is -2.93. The van der Waals surface area contributed by atoms with E-state index in [0.717, 1.165) is 11.8 Å². The highest BCUT2D eigenvalue weighted by Gasteiger charge is 2.35. The van der Waals surface area contributed by atoms with Gasteiger partial charge in [0, 0.05) is 69.6 Å². The largest absolute Gasteiger partial charge is 0.438 e. The minimum absolute atomic E-state index is 0.143. The van der Waals surface area contributed by atoms with Crippen molar-refractivity contribution in [3.63, 3.8) is 0 Å². The quantitative estimate of drug-likeness (QED) is 0.379. The molecule has 1 aliphatic heterocycles. The molecule has 0 saturated carbocycles. The first kappa shape index (κ1) is 25.3. The van der Waals surface area contributed by atoms with Crippen molar-refractivity contribution >= 4 is 45.6 Å². The van der Waals surface area contributed by atoms with E-state index >= 15 is 0 Å². The van der Waals surface area contributed by atoms with Gasteiger partial charge in [0.05, 0.1) is 9.13 Å². The van der Waals surface area contributed by atoms with Crippen LogP contribution in [0.1, 0.15) is 5.56 Å². The molecule has 0 radical (unpaired) electrons. The van der Waals surface area contributed by atoms with E-state index in [1.807, 2.05) is 50.3 Å².